The van der Waals surface area contributed by atoms with Crippen molar-refractivity contribution in [3.05, 3.63) is 60.4 Å². The number of amides is 1. The van der Waals surface area contributed by atoms with Crippen LogP contribution >= 0.6 is 0 Å². The molecule has 17 nitrogen and oxygen atoms in total. The maximum Gasteiger partial charge on any atom is 0.508 e. The Morgan fingerprint density at radius 1 is 0.979 bits per heavy atom. The molecule has 2 aromatic rings. The molecule has 0 unspecified atom stereocenters. The summed E-state index contributed by atoms with van der Waals surface area (Å²) in [5.74, 6) is 1.35. The lowest BCUT2D eigenvalue weighted by Gasteiger charge is -2.40. The number of nitrogens with zero attached hydrogens (tertiary/aromatic N) is 3. The highest BCUT2D eigenvalue weighted by molar-refractivity contribution is 6.52. The molecule has 6 N–H and O–H groups in total. The van der Waals surface area contributed by atoms with Gasteiger partial charge in [-0.25, -0.2) is 14.4 Å². The molecule has 5 atom stereocenters. The minimum Gasteiger partial charge on any atom is -0.490 e. The van der Waals surface area contributed by atoms with Gasteiger partial charge in [-0.2, -0.15) is 9.98 Å². The van der Waals surface area contributed by atoms with Gasteiger partial charge in [0.15, 0.2) is 18.2 Å². The highest BCUT2D eigenvalue weighted by Crippen LogP contribution is 2.27. The molecule has 1 fully saturated rings. The van der Waals surface area contributed by atoms with E-state index in [0.717, 1.165) is 0 Å². The number of aliphatic hydroxyl groups excluding tert-OH is 1. The number of allylic oxidation sites excluding steroid dienone is 1. The van der Waals surface area contributed by atoms with Gasteiger partial charge < -0.3 is 50.0 Å². The van der Waals surface area contributed by atoms with Gasteiger partial charge in [-0.05, 0) is 75.2 Å². The average Bonchev–Trinajstić information content (AvgIpc) is 3.46. The van der Waals surface area contributed by atoms with E-state index in [1.165, 1.54) is 32.7 Å². The van der Waals surface area contributed by atoms with Gasteiger partial charge in [0.25, 0.3) is 0 Å². The Balaban J connectivity index is 0.000000284. The minimum atomic E-state index is -1.30. The number of isocyanates is 2. The van der Waals surface area contributed by atoms with Crippen molar-refractivity contribution in [2.75, 3.05) is 6.61 Å². The molecule has 2 aliphatic rings. The van der Waals surface area contributed by atoms with Gasteiger partial charge in [0.2, 0.25) is 18.1 Å². The van der Waals surface area contributed by atoms with Gasteiger partial charge in [0.1, 0.15) is 24.2 Å². The Bertz CT molecular complexity index is 1500. The fourth-order valence-electron chi connectivity index (χ4n) is 4.51. The van der Waals surface area contributed by atoms with Gasteiger partial charge >= 0.3 is 20.3 Å². The van der Waals surface area contributed by atoms with E-state index in [1.54, 1.807) is 61.5 Å². The molecule has 0 aliphatic carbocycles. The summed E-state index contributed by atoms with van der Waals surface area (Å²) in [6.45, 7) is 5.72. The Morgan fingerprint density at radius 2 is 1.54 bits per heavy atom. The van der Waals surface area contributed by atoms with Crippen LogP contribution in [-0.4, -0.2) is 96.4 Å². The summed E-state index contributed by atoms with van der Waals surface area (Å²) in [5.41, 5.74) is 1.02. The zero-order valence-corrected chi connectivity index (χ0v) is 26.4. The van der Waals surface area contributed by atoms with Crippen LogP contribution in [0, 0.1) is 0 Å². The van der Waals surface area contributed by atoms with E-state index >= 15 is 0 Å². The summed E-state index contributed by atoms with van der Waals surface area (Å²) in [4.78, 5) is 54.1. The van der Waals surface area contributed by atoms with Crippen LogP contribution < -0.4 is 20.6 Å². The monoisotopic (exact) mass is 664 g/mol. The molecule has 0 bridgehead atoms. The lowest BCUT2D eigenvalue weighted by molar-refractivity contribution is -0.124. The third-order valence-corrected chi connectivity index (χ3v) is 6.40. The van der Waals surface area contributed by atoms with Crippen molar-refractivity contribution in [2.24, 2.45) is 14.9 Å². The van der Waals surface area contributed by atoms with Gasteiger partial charge in [0, 0.05) is 6.92 Å². The van der Waals surface area contributed by atoms with Crippen molar-refractivity contribution in [1.29, 1.82) is 0 Å². The van der Waals surface area contributed by atoms with Crippen LogP contribution in [0.3, 0.4) is 0 Å². The zero-order valence-electron chi connectivity index (χ0n) is 26.4. The van der Waals surface area contributed by atoms with E-state index in [1.807, 2.05) is 0 Å². The first-order valence-corrected chi connectivity index (χ1v) is 14.5. The summed E-state index contributed by atoms with van der Waals surface area (Å²) >= 11 is 0. The van der Waals surface area contributed by atoms with Gasteiger partial charge in [-0.15, -0.1) is 0 Å². The molecule has 0 saturated carbocycles. The normalized spacial score (nSPS) is 20.3. The number of hydrogen-bond acceptors (Lipinski definition) is 14. The first kappa shape index (κ1) is 37.0. The molecule has 2 aliphatic heterocycles. The average molecular weight is 664 g/mol. The van der Waals surface area contributed by atoms with E-state index in [0.29, 0.717) is 28.6 Å². The molecule has 48 heavy (non-hydrogen) atoms. The number of aliphatic imine (C=N–C) groups is 2. The first-order chi connectivity index (χ1) is 22.9. The minimum absolute atomic E-state index is 0.0742. The van der Waals surface area contributed by atoms with E-state index in [4.69, 9.17) is 18.9 Å². The van der Waals surface area contributed by atoms with Gasteiger partial charge in [0.05, 0.1) is 29.2 Å². The molecular formula is C29H34B2N6O11. The molecule has 0 aromatic heterocycles. The lowest BCUT2D eigenvalue weighted by Crippen LogP contribution is -2.64. The molecule has 0 radical (unpaired) electrons. The second-order valence-corrected chi connectivity index (χ2v) is 10.4. The van der Waals surface area contributed by atoms with Crippen LogP contribution in [0.1, 0.15) is 13.8 Å². The number of nitrogens with one attached hydrogen (secondary N) is 3. The molecule has 2 heterocycles. The number of cyclic esters (lactones) is 2. The van der Waals surface area contributed by atoms with Crippen LogP contribution in [0.25, 0.3) is 0 Å². The summed E-state index contributed by atoms with van der Waals surface area (Å²) in [5, 5.41) is 38.3. The lowest BCUT2D eigenvalue weighted by atomic mass is 9.87. The number of aliphatic hydroxyl groups is 1. The van der Waals surface area contributed by atoms with E-state index in [-0.39, 0.29) is 18.5 Å². The maximum absolute atomic E-state index is 11.8. The van der Waals surface area contributed by atoms with Crippen LogP contribution in [0.5, 0.6) is 11.5 Å². The largest absolute Gasteiger partial charge is 0.508 e. The van der Waals surface area contributed by atoms with Crippen LogP contribution in [0.2, 0.25) is 13.6 Å². The predicted molar refractivity (Wildman–Crippen MR) is 172 cm³/mol. The zero-order chi connectivity index (χ0) is 35.2. The van der Waals surface area contributed by atoms with Crippen molar-refractivity contribution < 1.29 is 53.3 Å². The Hall–Kier alpha value is -5.44. The third kappa shape index (κ3) is 11.7. The highest BCUT2D eigenvalue weighted by atomic mass is 16.8. The number of hydrogen-bond donors (Lipinski definition) is 6. The highest BCUT2D eigenvalue weighted by Gasteiger charge is 2.45. The van der Waals surface area contributed by atoms with Crippen molar-refractivity contribution in [3.8, 4) is 11.5 Å². The maximum atomic E-state index is 11.8. The van der Waals surface area contributed by atoms with Crippen molar-refractivity contribution in [1.82, 2.24) is 15.9 Å². The third-order valence-electron chi connectivity index (χ3n) is 6.40. The van der Waals surface area contributed by atoms with Crippen molar-refractivity contribution in [2.45, 2.75) is 57.9 Å². The summed E-state index contributed by atoms with van der Waals surface area (Å²) in [7, 11) is -2.04. The van der Waals surface area contributed by atoms with Crippen molar-refractivity contribution >= 4 is 55.7 Å². The smallest absolute Gasteiger partial charge is 0.490 e. The number of benzene rings is 2. The van der Waals surface area contributed by atoms with E-state index in [9.17, 15) is 34.3 Å². The SMILES string of the molecule is CB(O)N=C(NB(C)O)N[C@H]1C=C(C)O[C@@H]([C@H](O)[C@H]2COC(=O)O2)[C@@H]1NC(C)=O.O=C=Nc1ccc(Oc2ccc(N=C=O)cc2)cc1. The standard InChI is InChI=1S/C15H26B2N4O8.C14H8N2O3/c1-7-5-9(19-14(20-16(3)25)21-17(4)26)11(18-8(2)22)13(28-7)12(23)10-6-27-15(24)29-10;17-9-15-11-1-5-13(6-2-11)19-14-7-3-12(4-8-14)16-10-18/h5,9-13,23,25-26H,6H2,1-4H3,(H,18,22)(H2,19,20,21);1-8H/t9-,10+,11+,12+,13+;/m0./s1. The number of rotatable bonds is 10. The first-order valence-electron chi connectivity index (χ1n) is 14.5. The Labute approximate surface area is 276 Å². The Morgan fingerprint density at radius 3 is 1.98 bits per heavy atom. The van der Waals surface area contributed by atoms with E-state index < -0.39 is 50.7 Å². The molecule has 252 valence electrons. The van der Waals surface area contributed by atoms with Crippen LogP contribution in [0.15, 0.2) is 75.3 Å². The van der Waals surface area contributed by atoms with Gasteiger partial charge in [-0.1, -0.05) is 0 Å². The Kier molecular flexibility index (Phi) is 13.9. The number of carbonyl (C=O) groups excluding carboxylic acids is 4. The molecular weight excluding hydrogens is 630 g/mol. The number of ether oxygens (including phenoxy) is 4. The molecule has 0 spiro atoms. The quantitative estimate of drug-likeness (QED) is 0.0690. The topological polar surface area (TPSA) is 239 Å². The molecule has 4 rings (SSSR count). The summed E-state index contributed by atoms with van der Waals surface area (Å²) < 4.78 is 21.0. The number of carbonyl (C=O) groups is 2. The predicted octanol–water partition coefficient (Wildman–Crippen LogP) is 1.23. The second kappa shape index (κ2) is 18.0. The summed E-state index contributed by atoms with van der Waals surface area (Å²) in [6.07, 6.45) is 0.444. The second-order valence-electron chi connectivity index (χ2n) is 10.4. The number of guanidine groups is 1. The van der Waals surface area contributed by atoms with Crippen LogP contribution in [-0.2, 0) is 28.6 Å². The molecule has 19 heteroatoms. The van der Waals surface area contributed by atoms with Gasteiger partial charge in [-0.3, -0.25) is 9.70 Å². The summed E-state index contributed by atoms with van der Waals surface area (Å²) in [6, 6.07) is 11.9. The molecule has 1 saturated heterocycles. The van der Waals surface area contributed by atoms with Crippen molar-refractivity contribution in [3.63, 3.8) is 0 Å². The fourth-order valence-corrected chi connectivity index (χ4v) is 4.51. The fraction of sp³-hybridized carbons (Fsp3) is 0.345. The molecule has 1 amide bonds. The van der Waals surface area contributed by atoms with Crippen LogP contribution in [0.4, 0.5) is 16.2 Å². The molecule has 2 aromatic carbocycles. The van der Waals surface area contributed by atoms with E-state index in [2.05, 4.69) is 30.7 Å².